The van der Waals surface area contributed by atoms with Crippen LogP contribution in [0.25, 0.3) is 0 Å². The van der Waals surface area contributed by atoms with Crippen molar-refractivity contribution in [3.63, 3.8) is 0 Å². The largest absolute Gasteiger partial charge is 0.356 e. The zero-order valence-corrected chi connectivity index (χ0v) is 15.3. The molecule has 0 fully saturated rings. The molecule has 1 aromatic heterocycles. The van der Waals surface area contributed by atoms with Crippen molar-refractivity contribution < 1.29 is 0 Å². The summed E-state index contributed by atoms with van der Waals surface area (Å²) in [4.78, 5) is 7.24. The third kappa shape index (κ3) is 5.86. The summed E-state index contributed by atoms with van der Waals surface area (Å²) in [6.45, 7) is 15.4. The predicted octanol–water partition coefficient (Wildman–Crippen LogP) is 5.34. The molecule has 0 aliphatic rings. The average Bonchev–Trinajstić information content (AvgIpc) is 2.37. The fourth-order valence-corrected chi connectivity index (χ4v) is 2.75. The molecule has 3 heteroatoms. The van der Waals surface area contributed by atoms with E-state index >= 15 is 0 Å². The van der Waals surface area contributed by atoms with E-state index in [-0.39, 0.29) is 0 Å². The van der Waals surface area contributed by atoms with Gasteiger partial charge >= 0.3 is 0 Å². The molecule has 0 aliphatic heterocycles. The molecule has 0 N–H and O–H groups in total. The summed E-state index contributed by atoms with van der Waals surface area (Å²) in [5.74, 6) is 3.05. The summed E-state index contributed by atoms with van der Waals surface area (Å²) in [7, 11) is 0. The number of aryl methyl sites for hydroxylation is 2. The minimum absolute atomic E-state index is 0.536. The Kier molecular flexibility index (Phi) is 7.51. The fourth-order valence-electron chi connectivity index (χ4n) is 2.42. The number of halogens is 1. The second kappa shape index (κ2) is 8.63. The molecule has 21 heavy (non-hydrogen) atoms. The number of aromatic nitrogens is 1. The van der Waals surface area contributed by atoms with Crippen molar-refractivity contribution in [3.05, 3.63) is 22.9 Å². The second-order valence-electron chi connectivity index (χ2n) is 6.87. The van der Waals surface area contributed by atoms with Crippen LogP contribution in [0.4, 0.5) is 5.82 Å². The Labute approximate surface area is 135 Å². The van der Waals surface area contributed by atoms with Crippen molar-refractivity contribution in [2.24, 2.45) is 11.8 Å². The molecule has 0 aliphatic carbocycles. The molecular formula is C18H31ClN2. The van der Waals surface area contributed by atoms with Gasteiger partial charge in [-0.05, 0) is 50.2 Å². The van der Waals surface area contributed by atoms with E-state index in [1.165, 1.54) is 24.0 Å². The van der Waals surface area contributed by atoms with Crippen LogP contribution < -0.4 is 4.90 Å². The number of pyridine rings is 1. The summed E-state index contributed by atoms with van der Waals surface area (Å²) >= 11 is 6.19. The average molecular weight is 311 g/mol. The SMILES string of the molecule is Cc1cc(C)c(CCl)c(N(CCC(C)C)CCC(C)C)n1. The number of hydrogen-bond acceptors (Lipinski definition) is 2. The predicted molar refractivity (Wildman–Crippen MR) is 94.4 cm³/mol. The summed E-state index contributed by atoms with van der Waals surface area (Å²) in [6.07, 6.45) is 2.38. The van der Waals surface area contributed by atoms with Crippen LogP contribution in [0.2, 0.25) is 0 Å². The van der Waals surface area contributed by atoms with E-state index in [0.717, 1.165) is 24.6 Å². The number of hydrogen-bond donors (Lipinski definition) is 0. The summed E-state index contributed by atoms with van der Waals surface area (Å²) < 4.78 is 0. The smallest absolute Gasteiger partial charge is 0.133 e. The van der Waals surface area contributed by atoms with Crippen LogP contribution in [0.1, 0.15) is 57.4 Å². The molecule has 0 saturated heterocycles. The number of nitrogens with zero attached hydrogens (tertiary/aromatic N) is 2. The van der Waals surface area contributed by atoms with Gasteiger partial charge in [-0.25, -0.2) is 4.98 Å². The Morgan fingerprint density at radius 1 is 1.05 bits per heavy atom. The highest BCUT2D eigenvalue weighted by atomic mass is 35.5. The normalized spacial score (nSPS) is 11.5. The van der Waals surface area contributed by atoms with Crippen LogP contribution in [0.5, 0.6) is 0 Å². The Balaban J connectivity index is 3.05. The van der Waals surface area contributed by atoms with Crippen LogP contribution in [0, 0.1) is 25.7 Å². The van der Waals surface area contributed by atoms with E-state index < -0.39 is 0 Å². The lowest BCUT2D eigenvalue weighted by atomic mass is 10.1. The molecule has 0 unspecified atom stereocenters. The van der Waals surface area contributed by atoms with Crippen molar-refractivity contribution in [1.29, 1.82) is 0 Å². The van der Waals surface area contributed by atoms with Gasteiger partial charge in [-0.15, -0.1) is 11.6 Å². The molecule has 120 valence electrons. The van der Waals surface area contributed by atoms with E-state index in [0.29, 0.717) is 17.7 Å². The molecule has 0 amide bonds. The first kappa shape index (κ1) is 18.3. The van der Waals surface area contributed by atoms with Crippen LogP contribution in [0.15, 0.2) is 6.07 Å². The van der Waals surface area contributed by atoms with Crippen LogP contribution in [0.3, 0.4) is 0 Å². The van der Waals surface area contributed by atoms with Crippen molar-refractivity contribution in [3.8, 4) is 0 Å². The molecule has 1 heterocycles. The summed E-state index contributed by atoms with van der Waals surface area (Å²) in [6, 6.07) is 2.13. The molecule has 0 atom stereocenters. The Morgan fingerprint density at radius 2 is 1.57 bits per heavy atom. The van der Waals surface area contributed by atoms with Crippen LogP contribution in [-0.2, 0) is 5.88 Å². The van der Waals surface area contributed by atoms with Gasteiger partial charge in [0, 0.05) is 24.3 Å². The van der Waals surface area contributed by atoms with Gasteiger partial charge in [0.1, 0.15) is 5.82 Å². The number of rotatable bonds is 8. The lowest BCUT2D eigenvalue weighted by Crippen LogP contribution is -2.29. The van der Waals surface area contributed by atoms with E-state index in [4.69, 9.17) is 16.6 Å². The molecule has 0 aromatic carbocycles. The lowest BCUT2D eigenvalue weighted by molar-refractivity contribution is 0.532. The van der Waals surface area contributed by atoms with Crippen LogP contribution >= 0.6 is 11.6 Å². The number of alkyl halides is 1. The van der Waals surface area contributed by atoms with Crippen molar-refractivity contribution in [2.75, 3.05) is 18.0 Å². The maximum absolute atomic E-state index is 6.19. The standard InChI is InChI=1S/C18H31ClN2/c1-13(2)7-9-21(10-8-14(3)4)18-17(12-19)15(5)11-16(6)20-18/h11,13-14H,7-10,12H2,1-6H3. The van der Waals surface area contributed by atoms with Gasteiger partial charge in [0.15, 0.2) is 0 Å². The van der Waals surface area contributed by atoms with Crippen molar-refractivity contribution in [1.82, 2.24) is 4.98 Å². The van der Waals surface area contributed by atoms with Gasteiger partial charge in [0.05, 0.1) is 5.88 Å². The summed E-state index contributed by atoms with van der Waals surface area (Å²) in [5.41, 5.74) is 3.52. The fraction of sp³-hybridized carbons (Fsp3) is 0.722. The first-order valence-electron chi connectivity index (χ1n) is 8.13. The van der Waals surface area contributed by atoms with Gasteiger partial charge in [0.25, 0.3) is 0 Å². The molecular weight excluding hydrogens is 280 g/mol. The van der Waals surface area contributed by atoms with E-state index in [2.05, 4.69) is 52.5 Å². The maximum Gasteiger partial charge on any atom is 0.133 e. The van der Waals surface area contributed by atoms with Gasteiger partial charge < -0.3 is 4.90 Å². The third-order valence-electron chi connectivity index (χ3n) is 3.84. The van der Waals surface area contributed by atoms with E-state index in [1.54, 1.807) is 0 Å². The third-order valence-corrected chi connectivity index (χ3v) is 4.11. The Bertz CT molecular complexity index is 429. The quantitative estimate of drug-likeness (QED) is 0.603. The highest BCUT2D eigenvalue weighted by Crippen LogP contribution is 2.25. The second-order valence-corrected chi connectivity index (χ2v) is 7.14. The monoisotopic (exact) mass is 310 g/mol. The lowest BCUT2D eigenvalue weighted by Gasteiger charge is -2.28. The molecule has 0 radical (unpaired) electrons. The highest BCUT2D eigenvalue weighted by molar-refractivity contribution is 6.17. The Hall–Kier alpha value is -0.760. The van der Waals surface area contributed by atoms with Gasteiger partial charge in [-0.1, -0.05) is 27.7 Å². The van der Waals surface area contributed by atoms with Crippen molar-refractivity contribution in [2.45, 2.75) is 60.3 Å². The zero-order chi connectivity index (χ0) is 16.0. The van der Waals surface area contributed by atoms with E-state index in [9.17, 15) is 0 Å². The topological polar surface area (TPSA) is 16.1 Å². The molecule has 1 aromatic rings. The highest BCUT2D eigenvalue weighted by Gasteiger charge is 2.16. The van der Waals surface area contributed by atoms with Crippen molar-refractivity contribution >= 4 is 17.4 Å². The first-order chi connectivity index (χ1) is 9.85. The molecule has 0 saturated carbocycles. The first-order valence-corrected chi connectivity index (χ1v) is 8.66. The molecule has 1 rings (SSSR count). The number of anilines is 1. The van der Waals surface area contributed by atoms with E-state index in [1.807, 2.05) is 0 Å². The zero-order valence-electron chi connectivity index (χ0n) is 14.5. The maximum atomic E-state index is 6.19. The molecule has 0 spiro atoms. The van der Waals surface area contributed by atoms with Crippen LogP contribution in [-0.4, -0.2) is 18.1 Å². The Morgan fingerprint density at radius 3 is 2.00 bits per heavy atom. The van der Waals surface area contributed by atoms with Gasteiger partial charge in [-0.2, -0.15) is 0 Å². The molecule has 2 nitrogen and oxygen atoms in total. The minimum atomic E-state index is 0.536. The molecule has 0 bridgehead atoms. The summed E-state index contributed by atoms with van der Waals surface area (Å²) in [5, 5.41) is 0. The van der Waals surface area contributed by atoms with Gasteiger partial charge in [-0.3, -0.25) is 0 Å². The minimum Gasteiger partial charge on any atom is -0.356 e. The van der Waals surface area contributed by atoms with Gasteiger partial charge in [0.2, 0.25) is 0 Å².